The van der Waals surface area contributed by atoms with Gasteiger partial charge in [-0.15, -0.1) is 0 Å². The van der Waals surface area contributed by atoms with E-state index in [-0.39, 0.29) is 12.5 Å². The molecule has 1 amide bonds. The van der Waals surface area contributed by atoms with Gasteiger partial charge in [0, 0.05) is 11.1 Å². The van der Waals surface area contributed by atoms with E-state index in [0.29, 0.717) is 21.1 Å². The molecule has 2 aromatic rings. The number of amides is 1. The largest absolute Gasteiger partial charge is 0.483 e. The lowest BCUT2D eigenvalue weighted by Gasteiger charge is -2.08. The van der Waals surface area contributed by atoms with Crippen LogP contribution in [0.3, 0.4) is 0 Å². The minimum atomic E-state index is -0.277. The third-order valence-electron chi connectivity index (χ3n) is 2.03. The summed E-state index contributed by atoms with van der Waals surface area (Å²) in [5.41, 5.74) is 0. The quantitative estimate of drug-likeness (QED) is 0.906. The van der Waals surface area contributed by atoms with Crippen LogP contribution < -0.4 is 10.1 Å². The van der Waals surface area contributed by atoms with E-state index in [4.69, 9.17) is 16.3 Å². The highest BCUT2D eigenvalue weighted by Gasteiger charge is 2.07. The highest BCUT2D eigenvalue weighted by Crippen LogP contribution is 2.27. The Morgan fingerprint density at radius 1 is 1.50 bits per heavy atom. The molecule has 94 valence electrons. The van der Waals surface area contributed by atoms with Crippen molar-refractivity contribution >= 4 is 39.3 Å². The summed E-state index contributed by atoms with van der Waals surface area (Å²) >= 11 is 9.10. The van der Waals surface area contributed by atoms with Crippen molar-refractivity contribution in [3.05, 3.63) is 40.0 Å². The summed E-state index contributed by atoms with van der Waals surface area (Å²) < 4.78 is 6.05. The van der Waals surface area contributed by atoms with Crippen LogP contribution in [0.5, 0.6) is 5.75 Å². The number of H-pyrrole nitrogens is 1. The fraction of sp³-hybridized carbons (Fsp3) is 0.0909. The summed E-state index contributed by atoms with van der Waals surface area (Å²) in [6.45, 7) is -0.0980. The van der Waals surface area contributed by atoms with Gasteiger partial charge in [-0.2, -0.15) is 5.10 Å². The smallest absolute Gasteiger partial charge is 0.263 e. The lowest BCUT2D eigenvalue weighted by Crippen LogP contribution is -2.20. The van der Waals surface area contributed by atoms with Gasteiger partial charge in [-0.3, -0.25) is 9.89 Å². The highest BCUT2D eigenvalue weighted by molar-refractivity contribution is 9.10. The first kappa shape index (κ1) is 12.9. The van der Waals surface area contributed by atoms with Crippen LogP contribution >= 0.6 is 27.5 Å². The van der Waals surface area contributed by atoms with Gasteiger partial charge in [0.15, 0.2) is 6.61 Å². The van der Waals surface area contributed by atoms with Crippen molar-refractivity contribution in [3.8, 4) is 5.75 Å². The number of rotatable bonds is 4. The molecule has 0 aliphatic rings. The van der Waals surface area contributed by atoms with Crippen LogP contribution in [-0.2, 0) is 4.79 Å². The third kappa shape index (κ3) is 3.48. The molecule has 1 aromatic heterocycles. The average molecular weight is 331 g/mol. The third-order valence-corrected chi connectivity index (χ3v) is 2.88. The van der Waals surface area contributed by atoms with Crippen LogP contribution in [0.1, 0.15) is 0 Å². The predicted octanol–water partition coefficient (Wildman–Crippen LogP) is 2.84. The fourth-order valence-corrected chi connectivity index (χ4v) is 2.04. The van der Waals surface area contributed by atoms with Gasteiger partial charge in [0.2, 0.25) is 0 Å². The number of carbonyl (C=O) groups is 1. The van der Waals surface area contributed by atoms with Crippen LogP contribution in [0.2, 0.25) is 5.02 Å². The molecule has 0 saturated heterocycles. The van der Waals surface area contributed by atoms with Gasteiger partial charge in [0.25, 0.3) is 5.91 Å². The summed E-state index contributed by atoms with van der Waals surface area (Å²) in [6.07, 6.45) is 1.55. The van der Waals surface area contributed by atoms with Crippen molar-refractivity contribution in [3.63, 3.8) is 0 Å². The summed E-state index contributed by atoms with van der Waals surface area (Å²) in [5.74, 6) is 0.805. The van der Waals surface area contributed by atoms with E-state index in [1.807, 2.05) is 0 Å². The first-order valence-electron chi connectivity index (χ1n) is 5.02. The van der Waals surface area contributed by atoms with Gasteiger partial charge in [-0.05, 0) is 34.1 Å². The maximum Gasteiger partial charge on any atom is 0.263 e. The Morgan fingerprint density at radius 3 is 3.00 bits per heavy atom. The van der Waals surface area contributed by atoms with Crippen molar-refractivity contribution in [2.24, 2.45) is 0 Å². The Kier molecular flexibility index (Phi) is 4.22. The topological polar surface area (TPSA) is 67.0 Å². The van der Waals surface area contributed by atoms with E-state index in [9.17, 15) is 4.79 Å². The lowest BCUT2D eigenvalue weighted by molar-refractivity contribution is -0.118. The number of hydrogen-bond acceptors (Lipinski definition) is 3. The van der Waals surface area contributed by atoms with Gasteiger partial charge in [0.05, 0.1) is 10.7 Å². The average Bonchev–Trinajstić information content (AvgIpc) is 2.80. The minimum Gasteiger partial charge on any atom is -0.483 e. The Balaban J connectivity index is 1.89. The van der Waals surface area contributed by atoms with Crippen LogP contribution in [-0.4, -0.2) is 22.7 Å². The molecular formula is C11H9BrClN3O2. The number of benzene rings is 1. The summed E-state index contributed by atoms with van der Waals surface area (Å²) in [5, 5.41) is 9.53. The first-order chi connectivity index (χ1) is 8.65. The minimum absolute atomic E-state index is 0.0980. The SMILES string of the molecule is O=C(COc1ccc(Cl)cc1Br)Nc1ccn[nH]1. The number of aromatic amines is 1. The molecule has 0 bridgehead atoms. The van der Waals surface area contributed by atoms with Gasteiger partial charge in [-0.25, -0.2) is 0 Å². The molecule has 0 fully saturated rings. The second-order valence-corrected chi connectivity index (χ2v) is 4.67. The van der Waals surface area contributed by atoms with Crippen LogP contribution in [0.15, 0.2) is 34.9 Å². The number of ether oxygens (including phenoxy) is 1. The monoisotopic (exact) mass is 329 g/mol. The molecule has 0 aliphatic heterocycles. The zero-order chi connectivity index (χ0) is 13.0. The maximum absolute atomic E-state index is 11.5. The Bertz CT molecular complexity index is 545. The molecule has 1 heterocycles. The standard InChI is InChI=1S/C11H9BrClN3O2/c12-8-5-7(13)1-2-9(8)18-6-11(17)15-10-3-4-14-16-10/h1-5H,6H2,(H2,14,15,16,17). The van der Waals surface area contributed by atoms with Gasteiger partial charge in [0.1, 0.15) is 11.6 Å². The number of halogens is 2. The van der Waals surface area contributed by atoms with E-state index in [0.717, 1.165) is 0 Å². The van der Waals surface area contributed by atoms with Crippen LogP contribution in [0.4, 0.5) is 5.82 Å². The van der Waals surface area contributed by atoms with Gasteiger partial charge in [-0.1, -0.05) is 11.6 Å². The van der Waals surface area contributed by atoms with Crippen molar-refractivity contribution in [1.82, 2.24) is 10.2 Å². The van der Waals surface area contributed by atoms with E-state index >= 15 is 0 Å². The number of nitrogens with one attached hydrogen (secondary N) is 2. The molecule has 2 N–H and O–H groups in total. The molecule has 0 saturated carbocycles. The molecule has 0 radical (unpaired) electrons. The lowest BCUT2D eigenvalue weighted by atomic mass is 10.3. The Morgan fingerprint density at radius 2 is 2.33 bits per heavy atom. The zero-order valence-corrected chi connectivity index (χ0v) is 11.5. The molecule has 0 spiro atoms. The molecule has 18 heavy (non-hydrogen) atoms. The maximum atomic E-state index is 11.5. The van der Waals surface area contributed by atoms with Crippen LogP contribution in [0, 0.1) is 0 Å². The zero-order valence-electron chi connectivity index (χ0n) is 9.11. The van der Waals surface area contributed by atoms with E-state index in [1.54, 1.807) is 30.5 Å². The van der Waals surface area contributed by atoms with Crippen molar-refractivity contribution < 1.29 is 9.53 Å². The first-order valence-corrected chi connectivity index (χ1v) is 6.19. The number of aromatic nitrogens is 2. The molecule has 0 aliphatic carbocycles. The number of carbonyl (C=O) groups excluding carboxylic acids is 1. The number of anilines is 1. The van der Waals surface area contributed by atoms with E-state index in [2.05, 4.69) is 31.4 Å². The number of nitrogens with zero attached hydrogens (tertiary/aromatic N) is 1. The Hall–Kier alpha value is -1.53. The summed E-state index contributed by atoms with van der Waals surface area (Å²) in [4.78, 5) is 11.5. The second-order valence-electron chi connectivity index (χ2n) is 3.38. The molecule has 0 unspecified atom stereocenters. The second kappa shape index (κ2) is 5.88. The number of hydrogen-bond donors (Lipinski definition) is 2. The summed E-state index contributed by atoms with van der Waals surface area (Å²) in [7, 11) is 0. The van der Waals surface area contributed by atoms with E-state index in [1.165, 1.54) is 0 Å². The fourth-order valence-electron chi connectivity index (χ4n) is 1.25. The molecule has 2 rings (SSSR count). The normalized spacial score (nSPS) is 10.1. The Labute approximate surface area is 117 Å². The van der Waals surface area contributed by atoms with Crippen molar-refractivity contribution in [2.75, 3.05) is 11.9 Å². The molecule has 7 heteroatoms. The predicted molar refractivity (Wildman–Crippen MR) is 71.9 cm³/mol. The molecular weight excluding hydrogens is 321 g/mol. The molecule has 1 aromatic carbocycles. The highest BCUT2D eigenvalue weighted by atomic mass is 79.9. The van der Waals surface area contributed by atoms with Crippen molar-refractivity contribution in [1.29, 1.82) is 0 Å². The molecule has 0 atom stereocenters. The molecule has 5 nitrogen and oxygen atoms in total. The van der Waals surface area contributed by atoms with Crippen LogP contribution in [0.25, 0.3) is 0 Å². The van der Waals surface area contributed by atoms with E-state index < -0.39 is 0 Å². The van der Waals surface area contributed by atoms with Crippen molar-refractivity contribution in [2.45, 2.75) is 0 Å². The van der Waals surface area contributed by atoms with Gasteiger partial charge >= 0.3 is 0 Å². The van der Waals surface area contributed by atoms with Gasteiger partial charge < -0.3 is 10.1 Å². The summed E-state index contributed by atoms with van der Waals surface area (Å²) in [6, 6.07) is 6.73.